The van der Waals surface area contributed by atoms with Gasteiger partial charge in [0.05, 0.1) is 16.6 Å². The summed E-state index contributed by atoms with van der Waals surface area (Å²) in [6.07, 6.45) is 2.18. The van der Waals surface area contributed by atoms with Crippen LogP contribution in [-0.2, 0) is 18.3 Å². The van der Waals surface area contributed by atoms with Crippen molar-refractivity contribution in [1.82, 2.24) is 19.4 Å². The monoisotopic (exact) mass is 325 g/mol. The van der Waals surface area contributed by atoms with Gasteiger partial charge in [0, 0.05) is 19.2 Å². The number of carbonyl (C=O) groups excluding carboxylic acids is 1. The highest BCUT2D eigenvalue weighted by atomic mass is 16.2. The molecule has 0 saturated carbocycles. The van der Waals surface area contributed by atoms with E-state index in [1.165, 1.54) is 6.33 Å². The van der Waals surface area contributed by atoms with E-state index in [9.17, 15) is 9.59 Å². The van der Waals surface area contributed by atoms with Crippen molar-refractivity contribution in [1.29, 1.82) is 0 Å². The van der Waals surface area contributed by atoms with E-state index in [-0.39, 0.29) is 17.9 Å². The molecule has 1 aromatic carbocycles. The molecular formula is C17H19N5O2. The summed E-state index contributed by atoms with van der Waals surface area (Å²) >= 11 is 0. The van der Waals surface area contributed by atoms with E-state index < -0.39 is 0 Å². The zero-order valence-corrected chi connectivity index (χ0v) is 13.9. The van der Waals surface area contributed by atoms with Gasteiger partial charge in [-0.25, -0.2) is 9.66 Å². The molecule has 3 rings (SSSR count). The fourth-order valence-corrected chi connectivity index (χ4v) is 2.76. The Bertz CT molecular complexity index is 971. The van der Waals surface area contributed by atoms with Crippen LogP contribution in [0.2, 0.25) is 0 Å². The van der Waals surface area contributed by atoms with Crippen LogP contribution < -0.4 is 11.0 Å². The highest BCUT2D eigenvalue weighted by molar-refractivity contribution is 5.84. The largest absolute Gasteiger partial charge is 0.280 e. The molecule has 3 aromatic rings. The first-order valence-electron chi connectivity index (χ1n) is 7.72. The molecule has 0 radical (unpaired) electrons. The van der Waals surface area contributed by atoms with Crippen LogP contribution in [-0.4, -0.2) is 25.3 Å². The average molecular weight is 325 g/mol. The molecule has 124 valence electrons. The fourth-order valence-electron chi connectivity index (χ4n) is 2.76. The van der Waals surface area contributed by atoms with Gasteiger partial charge in [0.25, 0.3) is 5.56 Å². The number of hydrogen-bond acceptors (Lipinski definition) is 4. The lowest BCUT2D eigenvalue weighted by Crippen LogP contribution is -2.33. The molecule has 0 saturated heterocycles. The molecule has 1 N–H and O–H groups in total. The molecule has 24 heavy (non-hydrogen) atoms. The Labute approximate surface area is 138 Å². The molecule has 0 unspecified atom stereocenters. The van der Waals surface area contributed by atoms with E-state index in [2.05, 4.69) is 15.5 Å². The van der Waals surface area contributed by atoms with Crippen molar-refractivity contribution in [3.63, 3.8) is 0 Å². The predicted molar refractivity (Wildman–Crippen MR) is 91.4 cm³/mol. The molecule has 0 spiro atoms. The summed E-state index contributed by atoms with van der Waals surface area (Å²) in [5.74, 6) is -0.239. The van der Waals surface area contributed by atoms with Crippen molar-refractivity contribution in [2.24, 2.45) is 7.05 Å². The summed E-state index contributed by atoms with van der Waals surface area (Å²) in [6.45, 7) is 3.91. The molecule has 1 amide bonds. The number of nitrogens with zero attached hydrogens (tertiary/aromatic N) is 4. The lowest BCUT2D eigenvalue weighted by Gasteiger charge is -2.08. The Morgan fingerprint density at radius 3 is 2.71 bits per heavy atom. The van der Waals surface area contributed by atoms with Crippen molar-refractivity contribution >= 4 is 16.8 Å². The predicted octanol–water partition coefficient (Wildman–Crippen LogP) is 1.45. The van der Waals surface area contributed by atoms with Gasteiger partial charge in [0.1, 0.15) is 6.33 Å². The maximum Gasteiger partial charge on any atom is 0.280 e. The smallest absolute Gasteiger partial charge is 0.273 e. The first-order chi connectivity index (χ1) is 11.5. The normalized spacial score (nSPS) is 11.0. The third-order valence-corrected chi connectivity index (χ3v) is 4.17. The topological polar surface area (TPSA) is 81.8 Å². The first kappa shape index (κ1) is 15.9. The molecule has 0 atom stereocenters. The van der Waals surface area contributed by atoms with Crippen molar-refractivity contribution < 1.29 is 4.79 Å². The van der Waals surface area contributed by atoms with Gasteiger partial charge in [-0.1, -0.05) is 12.1 Å². The fraction of sp³-hybridized carbons (Fsp3) is 0.294. The number of rotatable bonds is 4. The molecule has 0 bridgehead atoms. The molecule has 0 aliphatic heterocycles. The Balaban J connectivity index is 1.73. The van der Waals surface area contributed by atoms with Gasteiger partial charge in [-0.05, 0) is 38.0 Å². The van der Waals surface area contributed by atoms with E-state index in [1.807, 2.05) is 27.0 Å². The van der Waals surface area contributed by atoms with Gasteiger partial charge in [-0.3, -0.25) is 19.7 Å². The van der Waals surface area contributed by atoms with Crippen LogP contribution in [0.5, 0.6) is 0 Å². The summed E-state index contributed by atoms with van der Waals surface area (Å²) in [7, 11) is 1.88. The lowest BCUT2D eigenvalue weighted by atomic mass is 10.1. The Morgan fingerprint density at radius 2 is 2.00 bits per heavy atom. The molecule has 0 fully saturated rings. The minimum Gasteiger partial charge on any atom is -0.273 e. The van der Waals surface area contributed by atoms with Crippen molar-refractivity contribution in [3.8, 4) is 0 Å². The van der Waals surface area contributed by atoms with Crippen molar-refractivity contribution in [2.75, 3.05) is 5.43 Å². The van der Waals surface area contributed by atoms with Crippen LogP contribution in [0, 0.1) is 13.8 Å². The van der Waals surface area contributed by atoms with Gasteiger partial charge >= 0.3 is 0 Å². The van der Waals surface area contributed by atoms with Crippen molar-refractivity contribution in [2.45, 2.75) is 26.7 Å². The van der Waals surface area contributed by atoms with Crippen LogP contribution in [0.3, 0.4) is 0 Å². The minimum absolute atomic E-state index is 0.239. The third-order valence-electron chi connectivity index (χ3n) is 4.17. The second-order valence-corrected chi connectivity index (χ2v) is 5.74. The number of hydrogen-bond donors (Lipinski definition) is 1. The van der Waals surface area contributed by atoms with Crippen molar-refractivity contribution in [3.05, 3.63) is 57.9 Å². The van der Waals surface area contributed by atoms with Gasteiger partial charge in [-0.15, -0.1) is 0 Å². The third kappa shape index (κ3) is 2.92. The van der Waals surface area contributed by atoms with Crippen LogP contribution in [0.25, 0.3) is 10.9 Å². The quantitative estimate of drug-likeness (QED) is 0.787. The molecule has 2 aromatic heterocycles. The first-order valence-corrected chi connectivity index (χ1v) is 7.72. The van der Waals surface area contributed by atoms with Gasteiger partial charge in [0.15, 0.2) is 0 Å². The van der Waals surface area contributed by atoms with Gasteiger partial charge in [-0.2, -0.15) is 5.10 Å². The van der Waals surface area contributed by atoms with Gasteiger partial charge in [0.2, 0.25) is 5.91 Å². The zero-order valence-electron chi connectivity index (χ0n) is 13.9. The Hall–Kier alpha value is -2.96. The summed E-state index contributed by atoms with van der Waals surface area (Å²) in [6, 6.07) is 7.04. The van der Waals surface area contributed by atoms with E-state index in [0.717, 1.165) is 21.6 Å². The van der Waals surface area contributed by atoms with Crippen LogP contribution in [0.1, 0.15) is 23.4 Å². The average Bonchev–Trinajstić information content (AvgIpc) is 2.81. The SMILES string of the molecule is Cc1nn(C)c(C)c1CCC(=O)Nn1cnc2ccccc2c1=O. The van der Waals surface area contributed by atoms with Crippen LogP contribution in [0.4, 0.5) is 0 Å². The molecule has 0 aliphatic carbocycles. The number of benzene rings is 1. The summed E-state index contributed by atoms with van der Waals surface area (Å²) < 4.78 is 2.94. The summed E-state index contributed by atoms with van der Waals surface area (Å²) in [5, 5.41) is 4.81. The number of aromatic nitrogens is 4. The molecular weight excluding hydrogens is 306 g/mol. The molecule has 2 heterocycles. The second kappa shape index (κ2) is 6.27. The van der Waals surface area contributed by atoms with E-state index >= 15 is 0 Å². The lowest BCUT2D eigenvalue weighted by molar-refractivity contribution is -0.117. The van der Waals surface area contributed by atoms with Crippen LogP contribution in [0.15, 0.2) is 35.4 Å². The molecule has 7 heteroatoms. The number of amides is 1. The van der Waals surface area contributed by atoms with E-state index in [0.29, 0.717) is 17.3 Å². The van der Waals surface area contributed by atoms with E-state index in [1.54, 1.807) is 22.9 Å². The zero-order chi connectivity index (χ0) is 17.3. The summed E-state index contributed by atoms with van der Waals surface area (Å²) in [4.78, 5) is 28.7. The Morgan fingerprint density at radius 1 is 1.25 bits per heavy atom. The maximum absolute atomic E-state index is 12.3. The molecule has 7 nitrogen and oxygen atoms in total. The molecule has 0 aliphatic rings. The highest BCUT2D eigenvalue weighted by Crippen LogP contribution is 2.14. The van der Waals surface area contributed by atoms with Gasteiger partial charge < -0.3 is 0 Å². The highest BCUT2D eigenvalue weighted by Gasteiger charge is 2.12. The van der Waals surface area contributed by atoms with E-state index in [4.69, 9.17) is 0 Å². The number of aryl methyl sites for hydroxylation is 2. The second-order valence-electron chi connectivity index (χ2n) is 5.74. The number of para-hydroxylation sites is 1. The number of fused-ring (bicyclic) bond motifs is 1. The van der Waals surface area contributed by atoms with Crippen LogP contribution >= 0.6 is 0 Å². The Kier molecular flexibility index (Phi) is 4.16. The number of nitrogens with one attached hydrogen (secondary N) is 1. The summed E-state index contributed by atoms with van der Waals surface area (Å²) in [5.41, 5.74) is 5.95. The number of carbonyl (C=O) groups is 1. The standard InChI is InChI=1S/C17H19N5O2/c1-11-13(12(2)21(3)19-11)8-9-16(23)20-22-10-18-15-7-5-4-6-14(15)17(22)24/h4-7,10H,8-9H2,1-3H3,(H,20,23). The maximum atomic E-state index is 12.3. The minimum atomic E-state index is -0.289.